The summed E-state index contributed by atoms with van der Waals surface area (Å²) in [5, 5.41) is 85.3. The predicted octanol–water partition coefficient (Wildman–Crippen LogP) is 19.0. The number of hydrogen-bond donors (Lipinski definition) is 3. The number of carboxylic acids is 2. The van der Waals surface area contributed by atoms with Crippen molar-refractivity contribution < 1.29 is 167 Å². The van der Waals surface area contributed by atoms with Gasteiger partial charge in [0, 0.05) is 73.7 Å². The number of benzene rings is 8. The predicted molar refractivity (Wildman–Crippen MR) is 434 cm³/mol. The van der Waals surface area contributed by atoms with Crippen molar-refractivity contribution >= 4 is 90.0 Å². The van der Waals surface area contributed by atoms with Gasteiger partial charge >= 0.3 is 40.9 Å². The molecular formula is C89H51BrClCuF22N12O13. The van der Waals surface area contributed by atoms with Crippen molar-refractivity contribution in [3.8, 4) is 42.5 Å². The molecule has 25 nitrogen and oxygen atoms in total. The van der Waals surface area contributed by atoms with E-state index in [9.17, 15) is 140 Å². The molecule has 3 saturated carbocycles. The number of carbonyl (C=O) groups excluding carboxylic acids is 5. The Morgan fingerprint density at radius 1 is 0.417 bits per heavy atom. The molecule has 0 saturated heterocycles. The molecule has 0 unspecified atom stereocenters. The molecule has 50 heteroatoms. The number of nitrogens with one attached hydrogen (secondary N) is 1. The van der Waals surface area contributed by atoms with Gasteiger partial charge in [-0.05, 0) is 135 Å². The Balaban J connectivity index is 0.000000332. The number of allylic oxidation sites excluding steroid dienone is 2. The maximum Gasteiger partial charge on any atom is 1.00 e. The SMILES string of the molecule is CC(=CN(C)C)C(=O)c1cc(F)c(F)c(C#N)c1F.CC(=CNC1CC1)C(=O)c1cc(F)c(F)c(C#N)c1F.COC(=O)c1cc(F)c(F)c(Br)c1F.COC(=O)c1cc(F)c(F)c(C#N)c1F.Cc1cn(C2CC2)c2c(C#N)c(F)c(F)cc2c1=O.N#Cc1c(F)c(F)cc(C(=O)Cl)c1F.N#Cc1c(F)c(F)cc(C(=O)O)c1F.N#Cc1c(F)c(F)cc2c(=O)c(C(=O)O)cn(C3CC3)c12.[C-]#N.[Cu+]. The van der Waals surface area contributed by atoms with E-state index >= 15 is 0 Å². The second kappa shape index (κ2) is 49.9. The third-order valence-electron chi connectivity index (χ3n) is 18.4. The fourth-order valence-electron chi connectivity index (χ4n) is 11.4. The van der Waals surface area contributed by atoms with Crippen LogP contribution in [0, 0.1) is 226 Å². The number of fused-ring (bicyclic) bond motifs is 2. The fourth-order valence-corrected chi connectivity index (χ4v) is 11.9. The van der Waals surface area contributed by atoms with E-state index in [-0.39, 0.29) is 79.2 Å². The van der Waals surface area contributed by atoms with Crippen LogP contribution in [-0.2, 0) is 26.5 Å². The van der Waals surface area contributed by atoms with Crippen molar-refractivity contribution in [2.45, 2.75) is 77.4 Å². The van der Waals surface area contributed by atoms with Crippen LogP contribution < -0.4 is 16.2 Å². The number of ether oxygens (including phenoxy) is 2. The van der Waals surface area contributed by atoms with Gasteiger partial charge in [0.15, 0.2) is 145 Å². The number of methoxy groups -OCH3 is 2. The Morgan fingerprint density at radius 2 is 0.698 bits per heavy atom. The third kappa shape index (κ3) is 26.7. The number of aryl methyl sites for hydroxylation is 1. The van der Waals surface area contributed by atoms with E-state index in [0.29, 0.717) is 48.0 Å². The van der Waals surface area contributed by atoms with Gasteiger partial charge in [0.05, 0.1) is 73.9 Å². The van der Waals surface area contributed by atoms with E-state index in [1.54, 1.807) is 48.8 Å². The summed E-state index contributed by atoms with van der Waals surface area (Å²) in [5.41, 5.74) is -12.3. The molecule has 0 bridgehead atoms. The van der Waals surface area contributed by atoms with Crippen molar-refractivity contribution in [1.29, 1.82) is 42.1 Å². The van der Waals surface area contributed by atoms with Crippen molar-refractivity contribution in [3.63, 3.8) is 0 Å². The quantitative estimate of drug-likeness (QED) is 0.0105. The second-order valence-corrected chi connectivity index (χ2v) is 29.1. The summed E-state index contributed by atoms with van der Waals surface area (Å²) in [4.78, 5) is 103. The van der Waals surface area contributed by atoms with Gasteiger partial charge in [-0.3, -0.25) is 24.0 Å². The first kappa shape index (κ1) is 115. The first-order valence-corrected chi connectivity index (χ1v) is 38.4. The summed E-state index contributed by atoms with van der Waals surface area (Å²) in [6, 6.07) is 13.1. The standard InChI is InChI=1S/C14H11F3N2O.C14H8F2N2O3.C14H10F2N2O.C13H11F3N2O.C9H4F3NO2.C8H4BrF3O2.C8HClF3NO.C8H2F3NO2.CN.Cu/c1-7(6-19-8-2-3-8)14(20)9-4-11(15)13(17)10(5-18)12(9)16;15-10-3-7-12(8(4-17)11(10)16)18(6-1-2-6)5-9(13(7)19)14(20)21;1-7-6-18(8-2-3-8)13-9(14(7)19)4-11(15)12(16)10(13)5-17;1-7(6-18(2)3)13(19)8-4-10(14)12(16)9(5-17)11(8)15;1-15-9(14)4-2-6(10)8(12)5(3-13)7(4)11;1-14-8(13)3-2-4(10)7(12)5(9)6(3)11;9-8(14)3-1-5(10)7(12)4(2-13)6(3)11;9-5-1-3(8(13)14)6(10)4(2-12)7(5)11;1-2;/h4,6,8,19H,2-3H2,1H3;3,5-6H,1-2H2,(H,20,21);4,6,8H,2-3H2,1H3;4,6H,1-3H3;2H,1H3;2H,1H3;1H;1H,(H,13,14);;/q;;;;;;;;-1;+1. The van der Waals surface area contributed by atoms with Crippen LogP contribution >= 0.6 is 27.5 Å². The topological polar surface area (TPSA) is 428 Å². The van der Waals surface area contributed by atoms with Crippen LogP contribution in [0.1, 0.15) is 181 Å². The minimum Gasteiger partial charge on any atom is -0.512 e. The first-order valence-electron chi connectivity index (χ1n) is 37.3. The van der Waals surface area contributed by atoms with Crippen LogP contribution in [0.2, 0.25) is 0 Å². The number of carbonyl (C=O) groups is 7. The summed E-state index contributed by atoms with van der Waals surface area (Å²) in [7, 11) is 5.27. The van der Waals surface area contributed by atoms with Gasteiger partial charge in [0.2, 0.25) is 5.43 Å². The summed E-state index contributed by atoms with van der Waals surface area (Å²) >= 11 is 7.36. The van der Waals surface area contributed by atoms with E-state index < -0.39 is 251 Å². The molecule has 724 valence electrons. The average Bonchev–Trinajstić information content (AvgIpc) is 1.70. The molecule has 0 amide bonds. The number of hydrogen-bond acceptors (Lipinski definition) is 21. The minimum absolute atomic E-state index is 0. The van der Waals surface area contributed by atoms with Crippen molar-refractivity contribution in [2.24, 2.45) is 0 Å². The first-order chi connectivity index (χ1) is 64.7. The molecule has 139 heavy (non-hydrogen) atoms. The number of esters is 2. The number of rotatable bonds is 14. The van der Waals surface area contributed by atoms with Crippen molar-refractivity contribution in [3.05, 3.63) is 327 Å². The Kier molecular flexibility index (Phi) is 41.3. The molecule has 0 atom stereocenters. The largest absolute Gasteiger partial charge is 1.00 e. The summed E-state index contributed by atoms with van der Waals surface area (Å²) in [5.74, 6) is -38.6. The van der Waals surface area contributed by atoms with Crippen LogP contribution in [0.3, 0.4) is 0 Å². The maximum atomic E-state index is 13.8. The van der Waals surface area contributed by atoms with Gasteiger partial charge in [-0.25, -0.2) is 116 Å². The number of aromatic carboxylic acids is 2. The Labute approximate surface area is 790 Å². The van der Waals surface area contributed by atoms with Gasteiger partial charge in [-0.2, -0.15) is 36.8 Å². The number of nitriles is 7. The molecule has 10 aromatic rings. The average molecular weight is 2090 g/mol. The van der Waals surface area contributed by atoms with Gasteiger partial charge in [0.25, 0.3) is 5.24 Å². The Bertz CT molecular complexity index is 7180. The molecule has 0 aliphatic heterocycles. The van der Waals surface area contributed by atoms with Crippen molar-refractivity contribution in [2.75, 3.05) is 28.3 Å². The number of carboxylic acid groups (broad SMARTS) is 2. The normalized spacial score (nSPS) is 11.8. The number of nitrogens with zero attached hydrogens (tertiary/aromatic N) is 11. The zero-order valence-electron chi connectivity index (χ0n) is 70.6. The number of halogens is 24. The zero-order valence-corrected chi connectivity index (χ0v) is 73.9. The number of Topliss-reactive ketones (excluding diaryl/α,β-unsaturated/α-hetero) is 2. The summed E-state index contributed by atoms with van der Waals surface area (Å²) < 4.78 is 300. The summed E-state index contributed by atoms with van der Waals surface area (Å²) in [6.45, 7) is 9.23. The number of pyridine rings is 2. The second-order valence-electron chi connectivity index (χ2n) is 27.9. The van der Waals surface area contributed by atoms with Crippen LogP contribution in [-0.4, -0.2) is 99.3 Å². The molecule has 13 rings (SSSR count). The van der Waals surface area contributed by atoms with Crippen LogP contribution in [0.5, 0.6) is 0 Å². The van der Waals surface area contributed by atoms with Crippen molar-refractivity contribution in [1.82, 2.24) is 19.4 Å². The van der Waals surface area contributed by atoms with Gasteiger partial charge in [0.1, 0.15) is 87.0 Å². The fraction of sp³-hybridized carbons (Fsp3) is 0.180. The van der Waals surface area contributed by atoms with Crippen LogP contribution in [0.4, 0.5) is 96.6 Å². The summed E-state index contributed by atoms with van der Waals surface area (Å²) in [6.07, 6.45) is 10.8. The van der Waals surface area contributed by atoms with Crippen LogP contribution in [0.25, 0.3) is 21.8 Å². The van der Waals surface area contributed by atoms with E-state index in [0.717, 1.165) is 83.2 Å². The molecule has 2 aromatic heterocycles. The van der Waals surface area contributed by atoms with Crippen LogP contribution in [0.15, 0.2) is 98.5 Å². The molecule has 0 radical (unpaired) electrons. The van der Waals surface area contributed by atoms with E-state index in [1.165, 1.54) is 43.0 Å². The monoisotopic (exact) mass is 2090 g/mol. The molecule has 2 heterocycles. The molecule has 8 aromatic carbocycles. The van der Waals surface area contributed by atoms with E-state index in [1.807, 2.05) is 0 Å². The number of aromatic nitrogens is 2. The molecular weight excluding hydrogens is 2040 g/mol. The molecule has 3 fully saturated rings. The van der Waals surface area contributed by atoms with Gasteiger partial charge in [-0.1, -0.05) is 0 Å². The Morgan fingerprint density at radius 3 is 1.02 bits per heavy atom. The molecule has 3 aliphatic rings. The third-order valence-corrected chi connectivity index (χ3v) is 19.3. The zero-order chi connectivity index (χ0) is 105. The van der Waals surface area contributed by atoms with E-state index in [2.05, 4.69) is 30.7 Å². The molecule has 3 aliphatic carbocycles. The van der Waals surface area contributed by atoms with E-state index in [4.69, 9.17) is 70.5 Å². The Hall–Kier alpha value is -16.2. The number of ketones is 2. The van der Waals surface area contributed by atoms with Gasteiger partial charge in [-0.15, -0.1) is 0 Å². The minimum atomic E-state index is -1.77. The van der Waals surface area contributed by atoms with Gasteiger partial charge < -0.3 is 50.9 Å². The molecule has 0 spiro atoms. The smallest absolute Gasteiger partial charge is 0.512 e. The maximum absolute atomic E-state index is 13.8. The molecule has 3 N–H and O–H groups in total.